The molecule has 0 atom stereocenters. The van der Waals surface area contributed by atoms with Crippen molar-refractivity contribution in [1.82, 2.24) is 0 Å². The van der Waals surface area contributed by atoms with Gasteiger partial charge >= 0.3 is 5.97 Å². The third kappa shape index (κ3) is 5.00. The fraction of sp³-hybridized carbons (Fsp3) is 0.400. The Morgan fingerprint density at radius 2 is 1.86 bits per heavy atom. The lowest BCUT2D eigenvalue weighted by atomic mass is 9.87. The minimum atomic E-state index is -0.739. The van der Waals surface area contributed by atoms with Crippen molar-refractivity contribution in [3.63, 3.8) is 0 Å². The maximum atomic E-state index is 10.6. The molecule has 1 N–H and O–H groups in total. The van der Waals surface area contributed by atoms with E-state index < -0.39 is 5.97 Å². The smallest absolute Gasteiger partial charge is 0.303 e. The predicted octanol–water partition coefficient (Wildman–Crippen LogP) is 5.44. The van der Waals surface area contributed by atoms with Crippen LogP contribution in [0.5, 0.6) is 11.5 Å². The maximum Gasteiger partial charge on any atom is 0.303 e. The predicted molar refractivity (Wildman–Crippen MR) is 114 cm³/mol. The fourth-order valence-corrected chi connectivity index (χ4v) is 4.22. The Balaban J connectivity index is 1.41. The molecular formula is C25H28O4. The average Bonchev–Trinajstić information content (AvgIpc) is 3.21. The number of benzene rings is 2. The van der Waals surface area contributed by atoms with Crippen LogP contribution < -0.4 is 9.47 Å². The van der Waals surface area contributed by atoms with E-state index in [2.05, 4.69) is 18.2 Å². The second kappa shape index (κ2) is 9.17. The van der Waals surface area contributed by atoms with Gasteiger partial charge in [0.2, 0.25) is 0 Å². The molecule has 29 heavy (non-hydrogen) atoms. The molecule has 0 amide bonds. The molecule has 0 bridgehead atoms. The minimum Gasteiger partial charge on any atom is -0.493 e. The van der Waals surface area contributed by atoms with E-state index in [-0.39, 0.29) is 6.42 Å². The van der Waals surface area contributed by atoms with Gasteiger partial charge in [-0.25, -0.2) is 0 Å². The molecule has 2 aliphatic rings. The zero-order chi connectivity index (χ0) is 20.1. The Morgan fingerprint density at radius 1 is 1.03 bits per heavy atom. The summed E-state index contributed by atoms with van der Waals surface area (Å²) in [7, 11) is 0. The van der Waals surface area contributed by atoms with E-state index in [1.54, 1.807) is 0 Å². The van der Waals surface area contributed by atoms with Gasteiger partial charge in [0.15, 0.2) is 0 Å². The number of hydrogen-bond donors (Lipinski definition) is 1. The standard InChI is InChI=1S/C25H28O4/c26-25(27)7-3-4-18-8-11-22(12-9-18)29-17-21-5-1-2-6-23(21)19-10-13-24-20(16-19)14-15-28-24/h8-13,16H,1-7,14-15,17H2,(H,26,27). The number of aliphatic carboxylic acids is 1. The third-order valence-electron chi connectivity index (χ3n) is 5.81. The van der Waals surface area contributed by atoms with Crippen LogP contribution in [0, 0.1) is 0 Å². The number of ether oxygens (including phenoxy) is 2. The Kier molecular flexibility index (Phi) is 6.18. The van der Waals surface area contributed by atoms with Crippen molar-refractivity contribution in [2.45, 2.75) is 51.4 Å². The molecule has 4 heteroatoms. The van der Waals surface area contributed by atoms with E-state index in [0.29, 0.717) is 13.0 Å². The van der Waals surface area contributed by atoms with Crippen molar-refractivity contribution in [1.29, 1.82) is 0 Å². The molecular weight excluding hydrogens is 364 g/mol. The molecule has 1 aliphatic carbocycles. The Hall–Kier alpha value is -2.75. The monoisotopic (exact) mass is 392 g/mol. The molecule has 4 rings (SSSR count). The van der Waals surface area contributed by atoms with Crippen LogP contribution in [0.3, 0.4) is 0 Å². The minimum absolute atomic E-state index is 0.212. The number of hydrogen-bond acceptors (Lipinski definition) is 3. The van der Waals surface area contributed by atoms with Crippen LogP contribution in [0.4, 0.5) is 0 Å². The van der Waals surface area contributed by atoms with Crippen LogP contribution >= 0.6 is 0 Å². The summed E-state index contributed by atoms with van der Waals surface area (Å²) in [6.07, 6.45) is 7.32. The lowest BCUT2D eigenvalue weighted by Crippen LogP contribution is -2.08. The van der Waals surface area contributed by atoms with E-state index in [1.165, 1.54) is 35.1 Å². The zero-order valence-electron chi connectivity index (χ0n) is 16.8. The summed E-state index contributed by atoms with van der Waals surface area (Å²) < 4.78 is 11.8. The second-order valence-corrected chi connectivity index (χ2v) is 7.89. The molecule has 2 aromatic carbocycles. The number of aryl methyl sites for hydroxylation is 1. The van der Waals surface area contributed by atoms with Gasteiger partial charge in [0.25, 0.3) is 0 Å². The Bertz CT molecular complexity index is 896. The quantitative estimate of drug-likeness (QED) is 0.650. The molecule has 2 aromatic rings. The number of fused-ring (bicyclic) bond motifs is 1. The summed E-state index contributed by atoms with van der Waals surface area (Å²) in [4.78, 5) is 10.6. The molecule has 0 saturated carbocycles. The van der Waals surface area contributed by atoms with Gasteiger partial charge in [-0.15, -0.1) is 0 Å². The SMILES string of the molecule is O=C(O)CCCc1ccc(OCC2=C(c3ccc4c(c3)CCO4)CCCC2)cc1. The molecule has 0 fully saturated rings. The fourth-order valence-electron chi connectivity index (χ4n) is 4.22. The number of carboxylic acid groups (broad SMARTS) is 1. The van der Waals surface area contributed by atoms with Crippen LogP contribution in [0.25, 0.3) is 5.57 Å². The lowest BCUT2D eigenvalue weighted by Gasteiger charge is -2.21. The van der Waals surface area contributed by atoms with Crippen LogP contribution in [0.2, 0.25) is 0 Å². The van der Waals surface area contributed by atoms with E-state index >= 15 is 0 Å². The van der Waals surface area contributed by atoms with Crippen molar-refractivity contribution in [3.05, 3.63) is 64.7 Å². The van der Waals surface area contributed by atoms with Gasteiger partial charge in [0.05, 0.1) is 6.61 Å². The van der Waals surface area contributed by atoms with E-state index in [9.17, 15) is 4.79 Å². The van der Waals surface area contributed by atoms with E-state index in [1.807, 2.05) is 24.3 Å². The molecule has 1 aliphatic heterocycles. The molecule has 0 radical (unpaired) electrons. The number of allylic oxidation sites excluding steroid dienone is 1. The van der Waals surface area contributed by atoms with Gasteiger partial charge in [0, 0.05) is 12.8 Å². The molecule has 152 valence electrons. The molecule has 0 unspecified atom stereocenters. The summed E-state index contributed by atoms with van der Waals surface area (Å²) in [5.74, 6) is 1.16. The van der Waals surface area contributed by atoms with Gasteiger partial charge in [-0.3, -0.25) is 4.79 Å². The molecule has 0 aromatic heterocycles. The van der Waals surface area contributed by atoms with Crippen LogP contribution in [0.1, 0.15) is 55.2 Å². The summed E-state index contributed by atoms with van der Waals surface area (Å²) in [6, 6.07) is 14.7. The van der Waals surface area contributed by atoms with Gasteiger partial charge in [0.1, 0.15) is 18.1 Å². The summed E-state index contributed by atoms with van der Waals surface area (Å²) >= 11 is 0. The van der Waals surface area contributed by atoms with Crippen LogP contribution in [-0.2, 0) is 17.6 Å². The van der Waals surface area contributed by atoms with Crippen molar-refractivity contribution in [2.24, 2.45) is 0 Å². The van der Waals surface area contributed by atoms with Crippen LogP contribution in [0.15, 0.2) is 48.0 Å². The molecule has 1 heterocycles. The molecule has 0 saturated heterocycles. The highest BCUT2D eigenvalue weighted by Crippen LogP contribution is 2.36. The van der Waals surface area contributed by atoms with Gasteiger partial charge < -0.3 is 14.6 Å². The van der Waals surface area contributed by atoms with Crippen molar-refractivity contribution < 1.29 is 19.4 Å². The maximum absolute atomic E-state index is 10.6. The van der Waals surface area contributed by atoms with Gasteiger partial charge in [-0.1, -0.05) is 18.2 Å². The Labute approximate surface area is 172 Å². The largest absolute Gasteiger partial charge is 0.493 e. The first-order valence-electron chi connectivity index (χ1n) is 10.6. The highest BCUT2D eigenvalue weighted by molar-refractivity contribution is 5.71. The first-order valence-corrected chi connectivity index (χ1v) is 10.6. The normalized spacial score (nSPS) is 15.7. The van der Waals surface area contributed by atoms with Crippen molar-refractivity contribution >= 4 is 11.5 Å². The second-order valence-electron chi connectivity index (χ2n) is 7.89. The van der Waals surface area contributed by atoms with E-state index in [0.717, 1.165) is 49.4 Å². The Morgan fingerprint density at radius 3 is 2.69 bits per heavy atom. The van der Waals surface area contributed by atoms with Crippen molar-refractivity contribution in [2.75, 3.05) is 13.2 Å². The molecule has 0 spiro atoms. The lowest BCUT2D eigenvalue weighted by molar-refractivity contribution is -0.137. The van der Waals surface area contributed by atoms with Gasteiger partial charge in [-0.2, -0.15) is 0 Å². The highest BCUT2D eigenvalue weighted by Gasteiger charge is 2.18. The number of rotatable bonds is 8. The van der Waals surface area contributed by atoms with Crippen molar-refractivity contribution in [3.8, 4) is 11.5 Å². The average molecular weight is 392 g/mol. The summed E-state index contributed by atoms with van der Waals surface area (Å²) in [5, 5.41) is 8.75. The highest BCUT2D eigenvalue weighted by atomic mass is 16.5. The summed E-state index contributed by atoms with van der Waals surface area (Å²) in [5.41, 5.74) is 6.63. The van der Waals surface area contributed by atoms with E-state index in [4.69, 9.17) is 14.6 Å². The molecule has 4 nitrogen and oxygen atoms in total. The summed E-state index contributed by atoms with van der Waals surface area (Å²) in [6.45, 7) is 1.42. The van der Waals surface area contributed by atoms with Crippen LogP contribution in [-0.4, -0.2) is 24.3 Å². The first-order chi connectivity index (χ1) is 14.2. The third-order valence-corrected chi connectivity index (χ3v) is 5.81. The topological polar surface area (TPSA) is 55.8 Å². The van der Waals surface area contributed by atoms with Gasteiger partial charge in [-0.05, 0) is 90.6 Å². The first kappa shape index (κ1) is 19.6. The number of carboxylic acids is 1. The zero-order valence-corrected chi connectivity index (χ0v) is 16.8. The number of carbonyl (C=O) groups is 1.